The van der Waals surface area contributed by atoms with Gasteiger partial charge in [-0.3, -0.25) is 0 Å². The van der Waals surface area contributed by atoms with Gasteiger partial charge < -0.3 is 14.8 Å². The number of nitrogens with one attached hydrogen (secondary N) is 1. The highest BCUT2D eigenvalue weighted by molar-refractivity contribution is 5.90. The Labute approximate surface area is 111 Å². The molecule has 4 nitrogen and oxygen atoms in total. The Morgan fingerprint density at radius 2 is 2.26 bits per heavy atom. The molecule has 0 radical (unpaired) electrons. The summed E-state index contributed by atoms with van der Waals surface area (Å²) in [7, 11) is 1.31. The summed E-state index contributed by atoms with van der Waals surface area (Å²) < 4.78 is 23.7. The molecule has 5 heteroatoms. The minimum Gasteiger partial charge on any atom is -0.465 e. The topological polar surface area (TPSA) is 47.6 Å². The van der Waals surface area contributed by atoms with E-state index in [-0.39, 0.29) is 11.9 Å². The molecule has 0 spiro atoms. The van der Waals surface area contributed by atoms with Gasteiger partial charge >= 0.3 is 5.97 Å². The number of anilines is 1. The van der Waals surface area contributed by atoms with E-state index in [9.17, 15) is 9.18 Å². The Morgan fingerprint density at radius 3 is 3.05 bits per heavy atom. The van der Waals surface area contributed by atoms with E-state index in [1.54, 1.807) is 0 Å². The zero-order valence-corrected chi connectivity index (χ0v) is 10.9. The van der Waals surface area contributed by atoms with E-state index >= 15 is 0 Å². The Morgan fingerprint density at radius 1 is 1.42 bits per heavy atom. The van der Waals surface area contributed by atoms with Crippen molar-refractivity contribution in [1.29, 1.82) is 0 Å². The first-order chi connectivity index (χ1) is 9.20. The van der Waals surface area contributed by atoms with Crippen molar-refractivity contribution < 1.29 is 18.7 Å². The highest BCUT2D eigenvalue weighted by Gasteiger charge is 2.15. The summed E-state index contributed by atoms with van der Waals surface area (Å²) >= 11 is 0. The smallest absolute Gasteiger partial charge is 0.337 e. The van der Waals surface area contributed by atoms with Crippen LogP contribution in [0.25, 0.3) is 0 Å². The van der Waals surface area contributed by atoms with Gasteiger partial charge in [-0.1, -0.05) is 0 Å². The SMILES string of the molecule is COC(=O)c1ccc(F)c(NC2CCCOCC2)c1. The first kappa shape index (κ1) is 13.8. The number of halogens is 1. The zero-order valence-electron chi connectivity index (χ0n) is 10.9. The summed E-state index contributed by atoms with van der Waals surface area (Å²) in [4.78, 5) is 11.4. The van der Waals surface area contributed by atoms with Crippen LogP contribution in [0.2, 0.25) is 0 Å². The monoisotopic (exact) mass is 267 g/mol. The average molecular weight is 267 g/mol. The van der Waals surface area contributed by atoms with Gasteiger partial charge in [0.15, 0.2) is 0 Å². The van der Waals surface area contributed by atoms with E-state index in [4.69, 9.17) is 4.74 Å². The maximum atomic E-state index is 13.7. The molecule has 0 aromatic heterocycles. The first-order valence-corrected chi connectivity index (χ1v) is 6.43. The average Bonchev–Trinajstić information content (AvgIpc) is 2.69. The number of esters is 1. The Bertz CT molecular complexity index is 442. The van der Waals surface area contributed by atoms with Gasteiger partial charge in [0, 0.05) is 19.3 Å². The number of hydrogen-bond donors (Lipinski definition) is 1. The maximum absolute atomic E-state index is 13.7. The van der Waals surface area contributed by atoms with Gasteiger partial charge in [-0.15, -0.1) is 0 Å². The molecule has 0 aliphatic carbocycles. The van der Waals surface area contributed by atoms with Crippen molar-refractivity contribution in [3.63, 3.8) is 0 Å². The highest BCUT2D eigenvalue weighted by atomic mass is 19.1. The van der Waals surface area contributed by atoms with E-state index < -0.39 is 5.97 Å². The predicted octanol–water partition coefficient (Wildman–Crippen LogP) is 2.59. The van der Waals surface area contributed by atoms with Gasteiger partial charge in [0.1, 0.15) is 5.82 Å². The molecule has 1 aromatic carbocycles. The molecule has 1 N–H and O–H groups in total. The van der Waals surface area contributed by atoms with Crippen molar-refractivity contribution in [2.24, 2.45) is 0 Å². The minimum atomic E-state index is -0.466. The second-order valence-corrected chi connectivity index (χ2v) is 4.57. The quantitative estimate of drug-likeness (QED) is 0.855. The van der Waals surface area contributed by atoms with E-state index in [0.717, 1.165) is 25.9 Å². The molecule has 0 amide bonds. The molecule has 1 aliphatic rings. The van der Waals surface area contributed by atoms with Gasteiger partial charge in [-0.2, -0.15) is 0 Å². The third kappa shape index (κ3) is 3.67. The van der Waals surface area contributed by atoms with Crippen LogP contribution in [0.3, 0.4) is 0 Å². The number of methoxy groups -OCH3 is 1. The minimum absolute atomic E-state index is 0.171. The van der Waals surface area contributed by atoms with Gasteiger partial charge in [0.2, 0.25) is 0 Å². The van der Waals surface area contributed by atoms with Crippen LogP contribution in [-0.4, -0.2) is 32.3 Å². The Hall–Kier alpha value is -1.62. The molecule has 1 unspecified atom stereocenters. The summed E-state index contributed by atoms with van der Waals surface area (Å²) in [5, 5.41) is 3.15. The van der Waals surface area contributed by atoms with E-state index in [1.807, 2.05) is 0 Å². The standard InChI is InChI=1S/C14H18FNO3/c1-18-14(17)10-4-5-12(15)13(9-10)16-11-3-2-7-19-8-6-11/h4-5,9,11,16H,2-3,6-8H2,1H3. The van der Waals surface area contributed by atoms with Crippen molar-refractivity contribution in [2.75, 3.05) is 25.6 Å². The highest BCUT2D eigenvalue weighted by Crippen LogP contribution is 2.21. The normalized spacial score (nSPS) is 19.6. The van der Waals surface area contributed by atoms with Crippen molar-refractivity contribution >= 4 is 11.7 Å². The lowest BCUT2D eigenvalue weighted by molar-refractivity contribution is 0.0600. The molecular formula is C14H18FNO3. The molecule has 1 atom stereocenters. The van der Waals surface area contributed by atoms with Gasteiger partial charge in [0.25, 0.3) is 0 Å². The van der Waals surface area contributed by atoms with Gasteiger partial charge in [-0.05, 0) is 37.5 Å². The molecule has 0 bridgehead atoms. The first-order valence-electron chi connectivity index (χ1n) is 6.43. The van der Waals surface area contributed by atoms with Crippen LogP contribution < -0.4 is 5.32 Å². The molecule has 19 heavy (non-hydrogen) atoms. The molecule has 1 aliphatic heterocycles. The van der Waals surface area contributed by atoms with Gasteiger partial charge in [-0.25, -0.2) is 9.18 Å². The van der Waals surface area contributed by atoms with Crippen molar-refractivity contribution in [3.8, 4) is 0 Å². The summed E-state index contributed by atoms with van der Waals surface area (Å²) in [5.41, 5.74) is 0.686. The lowest BCUT2D eigenvalue weighted by Crippen LogP contribution is -2.20. The van der Waals surface area contributed by atoms with E-state index in [0.29, 0.717) is 17.9 Å². The molecule has 104 valence electrons. The Balaban J connectivity index is 2.11. The maximum Gasteiger partial charge on any atom is 0.337 e. The summed E-state index contributed by atoms with van der Waals surface area (Å²) in [6, 6.07) is 4.36. The van der Waals surface area contributed by atoms with Crippen LogP contribution >= 0.6 is 0 Å². The van der Waals surface area contributed by atoms with Crippen LogP contribution in [-0.2, 0) is 9.47 Å². The number of ether oxygens (including phenoxy) is 2. The predicted molar refractivity (Wildman–Crippen MR) is 69.8 cm³/mol. The van der Waals surface area contributed by atoms with E-state index in [2.05, 4.69) is 10.1 Å². The van der Waals surface area contributed by atoms with Crippen molar-refractivity contribution in [3.05, 3.63) is 29.6 Å². The number of carbonyl (C=O) groups is 1. The Kier molecular flexibility index (Phi) is 4.74. The van der Waals surface area contributed by atoms with Crippen molar-refractivity contribution in [1.82, 2.24) is 0 Å². The fraction of sp³-hybridized carbons (Fsp3) is 0.500. The second kappa shape index (κ2) is 6.52. The number of rotatable bonds is 3. The van der Waals surface area contributed by atoms with Crippen LogP contribution in [0.5, 0.6) is 0 Å². The van der Waals surface area contributed by atoms with Crippen LogP contribution in [0.4, 0.5) is 10.1 Å². The van der Waals surface area contributed by atoms with Crippen LogP contribution in [0.15, 0.2) is 18.2 Å². The molecule has 1 fully saturated rings. The second-order valence-electron chi connectivity index (χ2n) is 4.57. The van der Waals surface area contributed by atoms with Crippen LogP contribution in [0.1, 0.15) is 29.6 Å². The third-order valence-electron chi connectivity index (χ3n) is 3.20. The lowest BCUT2D eigenvalue weighted by atomic mass is 10.1. The molecule has 1 heterocycles. The summed E-state index contributed by atoms with van der Waals surface area (Å²) in [5.74, 6) is -0.829. The lowest BCUT2D eigenvalue weighted by Gasteiger charge is -2.18. The molecule has 1 saturated heterocycles. The fourth-order valence-corrected chi connectivity index (χ4v) is 2.15. The van der Waals surface area contributed by atoms with Gasteiger partial charge in [0.05, 0.1) is 18.4 Å². The molecule has 0 saturated carbocycles. The summed E-state index contributed by atoms with van der Waals surface area (Å²) in [6.45, 7) is 1.43. The number of carbonyl (C=O) groups excluding carboxylic acids is 1. The molecular weight excluding hydrogens is 249 g/mol. The number of benzene rings is 1. The summed E-state index contributed by atoms with van der Waals surface area (Å²) in [6.07, 6.45) is 2.72. The largest absolute Gasteiger partial charge is 0.465 e. The third-order valence-corrected chi connectivity index (χ3v) is 3.20. The molecule has 1 aromatic rings. The van der Waals surface area contributed by atoms with Crippen LogP contribution in [0, 0.1) is 5.82 Å². The number of hydrogen-bond acceptors (Lipinski definition) is 4. The van der Waals surface area contributed by atoms with Crippen molar-refractivity contribution in [2.45, 2.75) is 25.3 Å². The van der Waals surface area contributed by atoms with E-state index in [1.165, 1.54) is 25.3 Å². The zero-order chi connectivity index (χ0) is 13.7. The fourth-order valence-electron chi connectivity index (χ4n) is 2.15. The molecule has 2 rings (SSSR count).